The van der Waals surface area contributed by atoms with E-state index in [1.54, 1.807) is 12.4 Å². The van der Waals surface area contributed by atoms with Gasteiger partial charge in [0.15, 0.2) is 0 Å². The number of hydrogen-bond donors (Lipinski definition) is 0. The van der Waals surface area contributed by atoms with Gasteiger partial charge in [0.05, 0.1) is 6.04 Å². The average Bonchev–Trinajstić information content (AvgIpc) is 2.58. The SMILES string of the molecule is CC(c1ccccc1)N(c1ccccc1)c1ncccn1. The largest absolute Gasteiger partial charge is 0.303 e. The first-order chi connectivity index (χ1) is 10.4. The summed E-state index contributed by atoms with van der Waals surface area (Å²) < 4.78 is 0. The number of hydrogen-bond acceptors (Lipinski definition) is 3. The molecule has 0 aliphatic carbocycles. The normalized spacial score (nSPS) is 11.9. The van der Waals surface area contributed by atoms with E-state index in [-0.39, 0.29) is 6.04 Å². The van der Waals surface area contributed by atoms with Crippen LogP contribution in [0.4, 0.5) is 11.6 Å². The van der Waals surface area contributed by atoms with Crippen molar-refractivity contribution in [2.75, 3.05) is 4.90 Å². The molecule has 3 aromatic rings. The molecule has 1 heterocycles. The van der Waals surface area contributed by atoms with E-state index in [4.69, 9.17) is 0 Å². The maximum atomic E-state index is 4.42. The topological polar surface area (TPSA) is 29.0 Å². The van der Waals surface area contributed by atoms with Gasteiger partial charge in [-0.2, -0.15) is 0 Å². The predicted molar refractivity (Wildman–Crippen MR) is 85.5 cm³/mol. The van der Waals surface area contributed by atoms with E-state index in [9.17, 15) is 0 Å². The number of para-hydroxylation sites is 1. The van der Waals surface area contributed by atoms with Gasteiger partial charge in [-0.1, -0.05) is 48.5 Å². The number of nitrogens with zero attached hydrogens (tertiary/aromatic N) is 3. The zero-order valence-corrected chi connectivity index (χ0v) is 11.9. The summed E-state index contributed by atoms with van der Waals surface area (Å²) in [6.45, 7) is 2.17. The fourth-order valence-corrected chi connectivity index (χ4v) is 2.40. The minimum absolute atomic E-state index is 0.149. The third-order valence-corrected chi connectivity index (χ3v) is 3.47. The van der Waals surface area contributed by atoms with E-state index in [0.29, 0.717) is 5.95 Å². The smallest absolute Gasteiger partial charge is 0.230 e. The molecule has 0 bridgehead atoms. The molecule has 0 aliphatic rings. The molecule has 0 radical (unpaired) electrons. The Morgan fingerprint density at radius 1 is 0.762 bits per heavy atom. The second kappa shape index (κ2) is 6.18. The minimum Gasteiger partial charge on any atom is -0.303 e. The van der Waals surface area contributed by atoms with Crippen LogP contribution in [0.3, 0.4) is 0 Å². The zero-order chi connectivity index (χ0) is 14.5. The zero-order valence-electron chi connectivity index (χ0n) is 11.9. The Morgan fingerprint density at radius 3 is 1.95 bits per heavy atom. The molecule has 1 unspecified atom stereocenters. The Labute approximate surface area is 124 Å². The molecule has 0 fully saturated rings. The van der Waals surface area contributed by atoms with E-state index in [2.05, 4.69) is 58.2 Å². The lowest BCUT2D eigenvalue weighted by atomic mass is 10.1. The standard InChI is InChI=1S/C18H17N3/c1-15(16-9-4-2-5-10-16)21(17-11-6-3-7-12-17)18-19-13-8-14-20-18/h2-15H,1H3. The molecule has 0 saturated carbocycles. The molecule has 0 spiro atoms. The van der Waals surface area contributed by atoms with Crippen LogP contribution in [0.1, 0.15) is 18.5 Å². The highest BCUT2D eigenvalue weighted by atomic mass is 15.3. The Bertz CT molecular complexity index is 629. The molecule has 3 heteroatoms. The van der Waals surface area contributed by atoms with E-state index >= 15 is 0 Å². The van der Waals surface area contributed by atoms with Crippen LogP contribution in [0.25, 0.3) is 0 Å². The van der Waals surface area contributed by atoms with Gasteiger partial charge < -0.3 is 4.90 Å². The highest BCUT2D eigenvalue weighted by Gasteiger charge is 2.20. The molecule has 0 amide bonds. The van der Waals surface area contributed by atoms with Crippen molar-refractivity contribution in [2.45, 2.75) is 13.0 Å². The van der Waals surface area contributed by atoms with Crippen molar-refractivity contribution in [3.63, 3.8) is 0 Å². The molecule has 2 aromatic carbocycles. The lowest BCUT2D eigenvalue weighted by molar-refractivity contribution is 0.748. The van der Waals surface area contributed by atoms with Crippen LogP contribution >= 0.6 is 0 Å². The Hall–Kier alpha value is -2.68. The summed E-state index contributed by atoms with van der Waals surface area (Å²) in [6.07, 6.45) is 3.55. The Morgan fingerprint density at radius 2 is 1.33 bits per heavy atom. The lowest BCUT2D eigenvalue weighted by Gasteiger charge is -2.29. The van der Waals surface area contributed by atoms with Crippen LogP contribution in [-0.2, 0) is 0 Å². The highest BCUT2D eigenvalue weighted by Crippen LogP contribution is 2.32. The van der Waals surface area contributed by atoms with Crippen molar-refractivity contribution in [3.05, 3.63) is 84.7 Å². The number of anilines is 2. The molecule has 1 aromatic heterocycles. The van der Waals surface area contributed by atoms with Gasteiger partial charge in [-0.05, 0) is 30.7 Å². The van der Waals surface area contributed by atoms with Crippen LogP contribution in [0.5, 0.6) is 0 Å². The van der Waals surface area contributed by atoms with Gasteiger partial charge in [0.25, 0.3) is 0 Å². The Balaban J connectivity index is 2.05. The van der Waals surface area contributed by atoms with E-state index in [1.165, 1.54) is 5.56 Å². The second-order valence-electron chi connectivity index (χ2n) is 4.84. The number of aromatic nitrogens is 2. The first-order valence-corrected chi connectivity index (χ1v) is 7.02. The summed E-state index contributed by atoms with van der Waals surface area (Å²) >= 11 is 0. The molecule has 104 valence electrons. The molecule has 0 aliphatic heterocycles. The third kappa shape index (κ3) is 2.92. The van der Waals surface area contributed by atoms with Crippen LogP contribution in [0.15, 0.2) is 79.1 Å². The lowest BCUT2D eigenvalue weighted by Crippen LogP contribution is -2.23. The van der Waals surface area contributed by atoms with Gasteiger partial charge in [0, 0.05) is 18.1 Å². The van der Waals surface area contributed by atoms with Crippen molar-refractivity contribution < 1.29 is 0 Å². The minimum atomic E-state index is 0.149. The molecule has 3 nitrogen and oxygen atoms in total. The predicted octanol–water partition coefficient (Wildman–Crippen LogP) is 4.38. The maximum Gasteiger partial charge on any atom is 0.230 e. The Kier molecular flexibility index (Phi) is 3.92. The molecule has 21 heavy (non-hydrogen) atoms. The van der Waals surface area contributed by atoms with Crippen molar-refractivity contribution in [1.82, 2.24) is 9.97 Å². The van der Waals surface area contributed by atoms with Crippen molar-refractivity contribution in [3.8, 4) is 0 Å². The third-order valence-electron chi connectivity index (χ3n) is 3.47. The molecule has 1 atom stereocenters. The summed E-state index contributed by atoms with van der Waals surface area (Å²) in [5.74, 6) is 0.708. The summed E-state index contributed by atoms with van der Waals surface area (Å²) in [5.41, 5.74) is 2.31. The molecule has 3 rings (SSSR count). The fraction of sp³-hybridized carbons (Fsp3) is 0.111. The van der Waals surface area contributed by atoms with Crippen LogP contribution in [0.2, 0.25) is 0 Å². The first kappa shape index (κ1) is 13.3. The quantitative estimate of drug-likeness (QED) is 0.707. The average molecular weight is 275 g/mol. The van der Waals surface area contributed by atoms with Gasteiger partial charge >= 0.3 is 0 Å². The molecular weight excluding hydrogens is 258 g/mol. The summed E-state index contributed by atoms with van der Waals surface area (Å²) in [6, 6.07) is 22.6. The molecule has 0 N–H and O–H groups in total. The fourth-order valence-electron chi connectivity index (χ4n) is 2.40. The first-order valence-electron chi connectivity index (χ1n) is 7.02. The highest BCUT2D eigenvalue weighted by molar-refractivity contribution is 5.58. The van der Waals surface area contributed by atoms with E-state index in [1.807, 2.05) is 30.3 Å². The van der Waals surface area contributed by atoms with Crippen molar-refractivity contribution in [2.24, 2.45) is 0 Å². The maximum absolute atomic E-state index is 4.42. The van der Waals surface area contributed by atoms with Crippen LogP contribution in [0, 0.1) is 0 Å². The van der Waals surface area contributed by atoms with Crippen molar-refractivity contribution in [1.29, 1.82) is 0 Å². The summed E-state index contributed by atoms with van der Waals surface area (Å²) in [7, 11) is 0. The number of benzene rings is 2. The second-order valence-corrected chi connectivity index (χ2v) is 4.84. The number of rotatable bonds is 4. The summed E-state index contributed by atoms with van der Waals surface area (Å²) in [4.78, 5) is 11.0. The van der Waals surface area contributed by atoms with Crippen LogP contribution in [-0.4, -0.2) is 9.97 Å². The van der Waals surface area contributed by atoms with Gasteiger partial charge in [-0.3, -0.25) is 0 Å². The van der Waals surface area contributed by atoms with E-state index < -0.39 is 0 Å². The molecular formula is C18H17N3. The monoisotopic (exact) mass is 275 g/mol. The summed E-state index contributed by atoms with van der Waals surface area (Å²) in [5, 5.41) is 0. The molecule has 0 saturated heterocycles. The van der Waals surface area contributed by atoms with Crippen molar-refractivity contribution >= 4 is 11.6 Å². The van der Waals surface area contributed by atoms with Crippen LogP contribution < -0.4 is 4.90 Å². The van der Waals surface area contributed by atoms with E-state index in [0.717, 1.165) is 5.69 Å². The van der Waals surface area contributed by atoms with Gasteiger partial charge in [0.1, 0.15) is 0 Å². The van der Waals surface area contributed by atoms with Gasteiger partial charge in [-0.15, -0.1) is 0 Å². The van der Waals surface area contributed by atoms with Gasteiger partial charge in [-0.25, -0.2) is 9.97 Å². The van der Waals surface area contributed by atoms with Gasteiger partial charge in [0.2, 0.25) is 5.95 Å².